The number of carbonyl (C=O) groups is 2. The molecule has 11 heteroatoms. The molecule has 188 valence electrons. The van der Waals surface area contributed by atoms with Crippen LogP contribution in [0.15, 0.2) is 60.7 Å². The average Bonchev–Trinajstić information content (AvgIpc) is 3.22. The van der Waals surface area contributed by atoms with Crippen molar-refractivity contribution in [1.82, 2.24) is 4.90 Å². The SMILES string of the molecule is COc1ccc2ccc(N(C3CCN(C(Cc4ccc(C(=N)N)cc4)C(=O)O)C3=O)S(=O)[O-])cc2c1. The molecule has 0 aliphatic carbocycles. The van der Waals surface area contributed by atoms with Gasteiger partial charge in [-0.2, -0.15) is 0 Å². The number of hydrogen-bond donors (Lipinski definition) is 3. The topological polar surface area (TPSA) is 160 Å². The fraction of sp³-hybridized carbons (Fsp3) is 0.240. The number of anilines is 1. The van der Waals surface area contributed by atoms with Gasteiger partial charge in [-0.25, -0.2) is 4.79 Å². The molecule has 4 N–H and O–H groups in total. The van der Waals surface area contributed by atoms with E-state index < -0.39 is 35.2 Å². The first-order valence-corrected chi connectivity index (χ1v) is 12.2. The van der Waals surface area contributed by atoms with E-state index in [9.17, 15) is 23.5 Å². The van der Waals surface area contributed by atoms with Gasteiger partial charge in [0.15, 0.2) is 0 Å². The summed E-state index contributed by atoms with van der Waals surface area (Å²) in [6.45, 7) is 0.0983. The van der Waals surface area contributed by atoms with Gasteiger partial charge in [0, 0.05) is 35.5 Å². The Morgan fingerprint density at radius 3 is 2.53 bits per heavy atom. The summed E-state index contributed by atoms with van der Waals surface area (Å²) in [7, 11) is 1.53. The molecular weight excluding hydrogens is 484 g/mol. The normalized spacial score (nSPS) is 17.1. The lowest BCUT2D eigenvalue weighted by atomic mass is 10.0. The Kier molecular flexibility index (Phi) is 7.22. The summed E-state index contributed by atoms with van der Waals surface area (Å²) in [6.07, 6.45) is 0.179. The van der Waals surface area contributed by atoms with Gasteiger partial charge in [-0.05, 0) is 47.0 Å². The number of amidine groups is 1. The van der Waals surface area contributed by atoms with E-state index in [4.69, 9.17) is 15.9 Å². The highest BCUT2D eigenvalue weighted by atomic mass is 32.2. The van der Waals surface area contributed by atoms with E-state index in [0.717, 1.165) is 15.1 Å². The minimum atomic E-state index is -2.77. The number of carbonyl (C=O) groups excluding carboxylic acids is 1. The highest BCUT2D eigenvalue weighted by Gasteiger charge is 2.42. The number of likely N-dealkylation sites (tertiary alicyclic amines) is 1. The molecule has 3 aromatic rings. The van der Waals surface area contributed by atoms with Crippen LogP contribution in [0.3, 0.4) is 0 Å². The second-order valence-electron chi connectivity index (χ2n) is 8.45. The summed E-state index contributed by atoms with van der Waals surface area (Å²) in [5, 5.41) is 19.0. The first kappa shape index (κ1) is 25.1. The van der Waals surface area contributed by atoms with E-state index in [2.05, 4.69) is 0 Å². The maximum atomic E-state index is 13.4. The van der Waals surface area contributed by atoms with Crippen LogP contribution in [-0.4, -0.2) is 62.2 Å². The zero-order valence-corrected chi connectivity index (χ0v) is 20.2. The van der Waals surface area contributed by atoms with Crippen LogP contribution in [0.5, 0.6) is 5.75 Å². The Morgan fingerprint density at radius 2 is 1.92 bits per heavy atom. The molecule has 3 unspecified atom stereocenters. The Labute approximate surface area is 210 Å². The third-order valence-electron chi connectivity index (χ3n) is 6.30. The molecule has 1 saturated heterocycles. The second-order valence-corrected chi connectivity index (χ2v) is 9.27. The van der Waals surface area contributed by atoms with Crippen LogP contribution in [0.25, 0.3) is 10.8 Å². The molecule has 10 nitrogen and oxygen atoms in total. The Balaban J connectivity index is 1.59. The maximum absolute atomic E-state index is 13.4. The zero-order valence-electron chi connectivity index (χ0n) is 19.4. The first-order chi connectivity index (χ1) is 17.2. The number of carboxylic acid groups (broad SMARTS) is 1. The molecule has 36 heavy (non-hydrogen) atoms. The number of benzene rings is 3. The molecule has 1 amide bonds. The molecule has 0 saturated carbocycles. The van der Waals surface area contributed by atoms with Gasteiger partial charge >= 0.3 is 5.97 Å². The third-order valence-corrected chi connectivity index (χ3v) is 7.08. The molecule has 0 spiro atoms. The van der Waals surface area contributed by atoms with Crippen LogP contribution in [0.2, 0.25) is 0 Å². The number of aliphatic carboxylic acids is 1. The molecular formula is C25H25N4O6S-. The smallest absolute Gasteiger partial charge is 0.326 e. The van der Waals surface area contributed by atoms with Gasteiger partial charge in [0.1, 0.15) is 23.7 Å². The Bertz CT molecular complexity index is 1350. The number of ether oxygens (including phenoxy) is 1. The van der Waals surface area contributed by atoms with Crippen molar-refractivity contribution in [2.24, 2.45) is 5.73 Å². The van der Waals surface area contributed by atoms with Gasteiger partial charge in [-0.1, -0.05) is 36.4 Å². The lowest BCUT2D eigenvalue weighted by molar-refractivity contribution is -0.148. The van der Waals surface area contributed by atoms with E-state index >= 15 is 0 Å². The highest BCUT2D eigenvalue weighted by molar-refractivity contribution is 7.80. The van der Waals surface area contributed by atoms with Gasteiger partial charge in [-0.3, -0.25) is 18.7 Å². The summed E-state index contributed by atoms with van der Waals surface area (Å²) in [5.74, 6) is -1.25. The van der Waals surface area contributed by atoms with Crippen molar-refractivity contribution in [2.45, 2.75) is 24.9 Å². The number of nitrogens with zero attached hydrogens (tertiary/aromatic N) is 2. The van der Waals surface area contributed by atoms with Crippen molar-refractivity contribution in [3.63, 3.8) is 0 Å². The van der Waals surface area contributed by atoms with E-state index in [1.165, 1.54) is 12.0 Å². The van der Waals surface area contributed by atoms with Gasteiger partial charge in [0.05, 0.1) is 7.11 Å². The van der Waals surface area contributed by atoms with Crippen molar-refractivity contribution < 1.29 is 28.2 Å². The van der Waals surface area contributed by atoms with Crippen LogP contribution in [0.4, 0.5) is 5.69 Å². The van der Waals surface area contributed by atoms with Crippen LogP contribution in [0.1, 0.15) is 17.5 Å². The monoisotopic (exact) mass is 509 g/mol. The van der Waals surface area contributed by atoms with Crippen molar-refractivity contribution in [3.05, 3.63) is 71.8 Å². The molecule has 3 atom stereocenters. The summed E-state index contributed by atoms with van der Waals surface area (Å²) in [5.41, 5.74) is 6.92. The molecule has 3 aromatic carbocycles. The number of hydrogen-bond acceptors (Lipinski definition) is 6. The summed E-state index contributed by atoms with van der Waals surface area (Å²) < 4.78 is 30.8. The van der Waals surface area contributed by atoms with Crippen molar-refractivity contribution in [2.75, 3.05) is 18.0 Å². The Hall–Kier alpha value is -3.96. The minimum absolute atomic E-state index is 0.0300. The van der Waals surface area contributed by atoms with Crippen LogP contribution in [-0.2, 0) is 27.3 Å². The maximum Gasteiger partial charge on any atom is 0.326 e. The van der Waals surface area contributed by atoms with Gasteiger partial charge in [-0.15, -0.1) is 0 Å². The predicted molar refractivity (Wildman–Crippen MR) is 135 cm³/mol. The van der Waals surface area contributed by atoms with Crippen molar-refractivity contribution >= 4 is 45.4 Å². The van der Waals surface area contributed by atoms with Crippen LogP contribution in [0, 0.1) is 5.41 Å². The lowest BCUT2D eigenvalue weighted by Crippen LogP contribution is -2.48. The van der Waals surface area contributed by atoms with Gasteiger partial charge in [0.2, 0.25) is 5.91 Å². The number of methoxy groups -OCH3 is 1. The quantitative estimate of drug-likeness (QED) is 0.226. The van der Waals surface area contributed by atoms with Gasteiger partial charge < -0.3 is 25.0 Å². The fourth-order valence-electron chi connectivity index (χ4n) is 4.43. The Morgan fingerprint density at radius 1 is 1.22 bits per heavy atom. The number of amides is 1. The number of fused-ring (bicyclic) bond motifs is 1. The number of nitrogen functional groups attached to an aromatic ring is 1. The van der Waals surface area contributed by atoms with E-state index in [0.29, 0.717) is 22.6 Å². The zero-order chi connectivity index (χ0) is 26.0. The van der Waals surface area contributed by atoms with E-state index in [-0.39, 0.29) is 25.2 Å². The van der Waals surface area contributed by atoms with E-state index in [1.807, 2.05) is 6.07 Å². The molecule has 0 aromatic heterocycles. The second kappa shape index (κ2) is 10.3. The average molecular weight is 510 g/mol. The molecule has 1 fully saturated rings. The number of carboxylic acids is 1. The summed E-state index contributed by atoms with van der Waals surface area (Å²) in [6, 6.07) is 14.8. The van der Waals surface area contributed by atoms with Crippen molar-refractivity contribution in [1.29, 1.82) is 5.41 Å². The first-order valence-electron chi connectivity index (χ1n) is 11.1. The fourth-order valence-corrected chi connectivity index (χ4v) is 5.12. The molecule has 1 aliphatic rings. The molecule has 1 aliphatic heterocycles. The van der Waals surface area contributed by atoms with Crippen molar-refractivity contribution in [3.8, 4) is 5.75 Å². The molecule has 0 bridgehead atoms. The summed E-state index contributed by atoms with van der Waals surface area (Å²) >= 11 is -2.77. The van der Waals surface area contributed by atoms with Crippen LogP contribution < -0.4 is 14.8 Å². The van der Waals surface area contributed by atoms with E-state index in [1.54, 1.807) is 54.6 Å². The van der Waals surface area contributed by atoms with Crippen LogP contribution >= 0.6 is 0 Å². The minimum Gasteiger partial charge on any atom is -0.755 e. The molecule has 0 radical (unpaired) electrons. The lowest BCUT2D eigenvalue weighted by Gasteiger charge is -2.32. The highest BCUT2D eigenvalue weighted by Crippen LogP contribution is 2.31. The predicted octanol–water partition coefficient (Wildman–Crippen LogP) is 2.03. The number of rotatable bonds is 9. The largest absolute Gasteiger partial charge is 0.755 e. The van der Waals surface area contributed by atoms with Gasteiger partial charge in [0.25, 0.3) is 0 Å². The molecule has 4 rings (SSSR count). The standard InChI is InChI=1S/C25H26N4O6S/c1-35-20-9-7-16-6-8-19(13-18(16)14-20)29(36(33)34)21-10-11-28(24(21)30)22(25(31)32)12-15-2-4-17(5-3-15)23(26)27/h2-9,13-14,21-22H,10-12H2,1H3,(H3,26,27)(H,31,32)(H,33,34)/p-1. The third kappa shape index (κ3) is 5.02. The molecule has 1 heterocycles. The summed E-state index contributed by atoms with van der Waals surface area (Å²) in [4.78, 5) is 26.7. The number of nitrogens with two attached hydrogens (primary N) is 1. The number of nitrogens with one attached hydrogen (secondary N) is 1.